The molecule has 0 saturated carbocycles. The molecule has 0 fully saturated rings. The van der Waals surface area contributed by atoms with E-state index in [9.17, 15) is 0 Å². The smallest absolute Gasteiger partial charge is 0.358 e. The SMILES string of the molecule is [CH3-].[CH3-].[CH3-].[CH3-].[CH3-].[CH3-].[CH3-].[Zr+3].[Zr+4]. The maximum atomic E-state index is 0. The molecule has 0 aromatic carbocycles. The van der Waals surface area contributed by atoms with Crippen LogP contribution in [-0.4, -0.2) is 0 Å². The molecule has 1 radical (unpaired) electrons. The molecule has 0 unspecified atom stereocenters. The third-order valence-electron chi connectivity index (χ3n) is 0. The first kappa shape index (κ1) is 329. The molecule has 0 aromatic heterocycles. The average molecular weight is 288 g/mol. The van der Waals surface area contributed by atoms with E-state index in [2.05, 4.69) is 0 Å². The van der Waals surface area contributed by atoms with Crippen LogP contribution < -0.4 is 0 Å². The Labute approximate surface area is 103 Å². The van der Waals surface area contributed by atoms with Gasteiger partial charge in [-0.1, -0.05) is 0 Å². The van der Waals surface area contributed by atoms with Gasteiger partial charge in [0.25, 0.3) is 0 Å². The van der Waals surface area contributed by atoms with Crippen LogP contribution in [0.2, 0.25) is 0 Å². The van der Waals surface area contributed by atoms with E-state index in [0.29, 0.717) is 0 Å². The van der Waals surface area contributed by atoms with E-state index < -0.39 is 0 Å². The monoisotopic (exact) mass is 285 g/mol. The van der Waals surface area contributed by atoms with Crippen molar-refractivity contribution in [2.24, 2.45) is 0 Å². The van der Waals surface area contributed by atoms with Gasteiger partial charge in [0.2, 0.25) is 0 Å². The minimum absolute atomic E-state index is 0. The molecule has 0 spiro atoms. The second kappa shape index (κ2) is 241. The zero-order chi connectivity index (χ0) is 0. The van der Waals surface area contributed by atoms with E-state index in [1.807, 2.05) is 0 Å². The molecule has 0 atom stereocenters. The second-order valence-corrected chi connectivity index (χ2v) is 0. The quantitative estimate of drug-likeness (QED) is 0.601. The molecule has 0 aliphatic rings. The molecule has 9 heavy (non-hydrogen) atoms. The zero-order valence-electron chi connectivity index (χ0n) is 8.00. The minimum atomic E-state index is 0. The Bertz CT molecular complexity index is 6.88. The Morgan fingerprint density at radius 2 is 0.333 bits per heavy atom. The van der Waals surface area contributed by atoms with E-state index in [0.717, 1.165) is 0 Å². The van der Waals surface area contributed by atoms with Gasteiger partial charge in [-0.2, -0.15) is 0 Å². The summed E-state index contributed by atoms with van der Waals surface area (Å²) in [5.41, 5.74) is 0. The third kappa shape index (κ3) is 189. The molecule has 57 valence electrons. The Kier molecular flexibility index (Phi) is 8800. The minimum Gasteiger partial charge on any atom is -0.358 e. The van der Waals surface area contributed by atoms with Gasteiger partial charge < -0.3 is 52.0 Å². The van der Waals surface area contributed by atoms with Crippen LogP contribution in [0.5, 0.6) is 0 Å². The summed E-state index contributed by atoms with van der Waals surface area (Å²) in [6, 6.07) is 0. The van der Waals surface area contributed by atoms with Crippen molar-refractivity contribution in [2.75, 3.05) is 0 Å². The largest absolute Gasteiger partial charge is 4.00 e. The molecule has 0 amide bonds. The van der Waals surface area contributed by atoms with Crippen LogP contribution in [-0.2, 0) is 52.4 Å². The normalized spacial score (nSPS) is 0. The fourth-order valence-corrected chi connectivity index (χ4v) is 0. The maximum Gasteiger partial charge on any atom is 4.00 e. The summed E-state index contributed by atoms with van der Waals surface area (Å²) in [7, 11) is 0. The van der Waals surface area contributed by atoms with Crippen molar-refractivity contribution in [3.8, 4) is 0 Å². The maximum absolute atomic E-state index is 0. The molecular formula is C7H21Zr2. The molecule has 0 N–H and O–H groups in total. The topological polar surface area (TPSA) is 0 Å². The first-order valence-corrected chi connectivity index (χ1v) is 0. The van der Waals surface area contributed by atoms with E-state index in [-0.39, 0.29) is 104 Å². The van der Waals surface area contributed by atoms with Crippen molar-refractivity contribution in [1.82, 2.24) is 0 Å². The molecule has 0 aliphatic heterocycles. The van der Waals surface area contributed by atoms with E-state index in [1.165, 1.54) is 0 Å². The first-order valence-electron chi connectivity index (χ1n) is 0. The number of rotatable bonds is 0. The van der Waals surface area contributed by atoms with Crippen molar-refractivity contribution >= 4 is 0 Å². The molecule has 0 saturated heterocycles. The molecule has 0 nitrogen and oxygen atoms in total. The van der Waals surface area contributed by atoms with Crippen LogP contribution in [0.3, 0.4) is 0 Å². The fraction of sp³-hybridized carbons (Fsp3) is 0. The van der Waals surface area contributed by atoms with Crippen molar-refractivity contribution < 1.29 is 52.4 Å². The van der Waals surface area contributed by atoms with Crippen molar-refractivity contribution in [1.29, 1.82) is 0 Å². The summed E-state index contributed by atoms with van der Waals surface area (Å²) in [6.45, 7) is 0. The Balaban J connectivity index is 0. The predicted molar refractivity (Wildman–Crippen MR) is 44.9 cm³/mol. The molecule has 0 rings (SSSR count). The van der Waals surface area contributed by atoms with Gasteiger partial charge in [-0.3, -0.25) is 0 Å². The Morgan fingerprint density at radius 3 is 0.333 bits per heavy atom. The summed E-state index contributed by atoms with van der Waals surface area (Å²) in [5.74, 6) is 0. The zero-order valence-corrected chi connectivity index (χ0v) is 12.9. The van der Waals surface area contributed by atoms with Crippen LogP contribution >= 0.6 is 0 Å². The van der Waals surface area contributed by atoms with Gasteiger partial charge in [-0.25, -0.2) is 0 Å². The van der Waals surface area contributed by atoms with Gasteiger partial charge >= 0.3 is 52.4 Å². The Hall–Kier alpha value is 1.77. The number of hydrogen-bond donors (Lipinski definition) is 0. The molecule has 0 heterocycles. The van der Waals surface area contributed by atoms with Crippen LogP contribution in [0.1, 0.15) is 0 Å². The van der Waals surface area contributed by atoms with Gasteiger partial charge in [0.05, 0.1) is 0 Å². The van der Waals surface area contributed by atoms with Crippen molar-refractivity contribution in [3.63, 3.8) is 0 Å². The van der Waals surface area contributed by atoms with Gasteiger partial charge in [0.15, 0.2) is 0 Å². The molecule has 0 aliphatic carbocycles. The van der Waals surface area contributed by atoms with Crippen LogP contribution in [0.4, 0.5) is 0 Å². The van der Waals surface area contributed by atoms with Crippen LogP contribution in [0.15, 0.2) is 0 Å². The van der Waals surface area contributed by atoms with Crippen LogP contribution in [0.25, 0.3) is 0 Å². The first-order chi connectivity index (χ1) is 0. The second-order valence-electron chi connectivity index (χ2n) is 0. The summed E-state index contributed by atoms with van der Waals surface area (Å²) in [6.07, 6.45) is 0. The molecule has 2 heteroatoms. The van der Waals surface area contributed by atoms with Crippen molar-refractivity contribution in [3.05, 3.63) is 52.0 Å². The van der Waals surface area contributed by atoms with Gasteiger partial charge in [0, 0.05) is 0 Å². The summed E-state index contributed by atoms with van der Waals surface area (Å²) in [5, 5.41) is 0. The third-order valence-corrected chi connectivity index (χ3v) is 0. The summed E-state index contributed by atoms with van der Waals surface area (Å²) >= 11 is 0. The van der Waals surface area contributed by atoms with E-state index >= 15 is 0 Å². The summed E-state index contributed by atoms with van der Waals surface area (Å²) < 4.78 is 0. The standard InChI is InChI=1S/7CH3.2Zr/h7*1H3;;/q7*-1;+3;+4. The Morgan fingerprint density at radius 1 is 0.333 bits per heavy atom. The average Bonchev–Trinajstić information content (AvgIpc) is 0. The molecular weight excluding hydrogens is 267 g/mol. The van der Waals surface area contributed by atoms with Crippen molar-refractivity contribution in [2.45, 2.75) is 0 Å². The van der Waals surface area contributed by atoms with Crippen LogP contribution in [0, 0.1) is 52.0 Å². The fourth-order valence-electron chi connectivity index (χ4n) is 0. The summed E-state index contributed by atoms with van der Waals surface area (Å²) in [4.78, 5) is 0. The van der Waals surface area contributed by atoms with E-state index in [1.54, 1.807) is 0 Å². The number of hydrogen-bond acceptors (Lipinski definition) is 0. The molecule has 0 aromatic rings. The van der Waals surface area contributed by atoms with Gasteiger partial charge in [-0.05, 0) is 0 Å². The van der Waals surface area contributed by atoms with Gasteiger partial charge in [0.1, 0.15) is 0 Å². The molecule has 0 bridgehead atoms. The van der Waals surface area contributed by atoms with E-state index in [4.69, 9.17) is 0 Å². The van der Waals surface area contributed by atoms with Gasteiger partial charge in [-0.15, -0.1) is 0 Å². The predicted octanol–water partition coefficient (Wildman–Crippen LogP) is 3.15.